The third-order valence-corrected chi connectivity index (χ3v) is 6.44. The maximum Gasteiger partial charge on any atom is 0.279 e. The number of aryl methyl sites for hydroxylation is 1. The van der Waals surface area contributed by atoms with Crippen molar-refractivity contribution in [3.8, 4) is 11.1 Å². The van der Waals surface area contributed by atoms with Gasteiger partial charge in [0, 0.05) is 36.8 Å². The van der Waals surface area contributed by atoms with Gasteiger partial charge in [0.25, 0.3) is 10.0 Å². The summed E-state index contributed by atoms with van der Waals surface area (Å²) in [7, 11) is -2.69. The maximum absolute atomic E-state index is 13.6. The molecule has 30 heavy (non-hydrogen) atoms. The number of halogens is 1. The lowest BCUT2D eigenvalue weighted by molar-refractivity contribution is 0.489. The SMILES string of the molecule is Cc1ccc(F)cc1S(=O)(=O)N(C)/N=C/c1cnc2ccc(-c3cccnc3)cn12. The van der Waals surface area contributed by atoms with Gasteiger partial charge < -0.3 is 0 Å². The molecule has 0 radical (unpaired) electrons. The van der Waals surface area contributed by atoms with Crippen LogP contribution in [0.3, 0.4) is 0 Å². The van der Waals surface area contributed by atoms with Gasteiger partial charge in [-0.15, -0.1) is 0 Å². The van der Waals surface area contributed by atoms with Crippen LogP contribution in [0.1, 0.15) is 11.3 Å². The van der Waals surface area contributed by atoms with Crippen molar-refractivity contribution in [1.29, 1.82) is 0 Å². The molecule has 0 N–H and O–H groups in total. The first-order valence-electron chi connectivity index (χ1n) is 9.03. The second-order valence-electron chi connectivity index (χ2n) is 6.66. The lowest BCUT2D eigenvalue weighted by atomic mass is 10.1. The van der Waals surface area contributed by atoms with Gasteiger partial charge in [0.2, 0.25) is 0 Å². The van der Waals surface area contributed by atoms with Crippen molar-refractivity contribution in [3.63, 3.8) is 0 Å². The molecule has 0 amide bonds. The first-order valence-corrected chi connectivity index (χ1v) is 10.5. The molecule has 0 fully saturated rings. The quantitative estimate of drug-likeness (QED) is 0.364. The van der Waals surface area contributed by atoms with E-state index in [1.807, 2.05) is 30.5 Å². The zero-order chi connectivity index (χ0) is 21.3. The second-order valence-corrected chi connectivity index (χ2v) is 8.58. The van der Waals surface area contributed by atoms with E-state index >= 15 is 0 Å². The van der Waals surface area contributed by atoms with E-state index in [2.05, 4.69) is 15.1 Å². The number of hydrazone groups is 1. The van der Waals surface area contributed by atoms with Crippen molar-refractivity contribution in [2.24, 2.45) is 5.10 Å². The van der Waals surface area contributed by atoms with Crippen LogP contribution in [0.5, 0.6) is 0 Å². The van der Waals surface area contributed by atoms with E-state index in [-0.39, 0.29) is 4.90 Å². The van der Waals surface area contributed by atoms with Gasteiger partial charge in [0.15, 0.2) is 0 Å². The van der Waals surface area contributed by atoms with Gasteiger partial charge in [-0.05, 0) is 42.8 Å². The largest absolute Gasteiger partial charge is 0.298 e. The van der Waals surface area contributed by atoms with Crippen molar-refractivity contribution < 1.29 is 12.8 Å². The normalized spacial score (nSPS) is 12.0. The molecule has 0 bridgehead atoms. The fraction of sp³-hybridized carbons (Fsp3) is 0.0952. The number of hydrogen-bond donors (Lipinski definition) is 0. The Kier molecular flexibility index (Phi) is 5.04. The van der Waals surface area contributed by atoms with E-state index in [1.54, 1.807) is 29.9 Å². The van der Waals surface area contributed by atoms with Crippen molar-refractivity contribution in [2.45, 2.75) is 11.8 Å². The van der Waals surface area contributed by atoms with E-state index in [0.29, 0.717) is 16.9 Å². The summed E-state index contributed by atoms with van der Waals surface area (Å²) >= 11 is 0. The molecule has 0 unspecified atom stereocenters. The Hall–Kier alpha value is -3.59. The molecule has 0 aliphatic carbocycles. The minimum atomic E-state index is -3.99. The summed E-state index contributed by atoms with van der Waals surface area (Å²) < 4.78 is 41.8. The lowest BCUT2D eigenvalue weighted by Crippen LogP contribution is -2.23. The highest BCUT2D eigenvalue weighted by atomic mass is 32.2. The molecule has 4 aromatic rings. The third-order valence-electron chi connectivity index (χ3n) is 4.66. The Morgan fingerprint density at radius 3 is 2.73 bits per heavy atom. The van der Waals surface area contributed by atoms with Crippen LogP contribution in [0.2, 0.25) is 0 Å². The van der Waals surface area contributed by atoms with Crippen molar-refractivity contribution >= 4 is 21.9 Å². The fourth-order valence-corrected chi connectivity index (χ4v) is 4.19. The molecule has 3 heterocycles. The average molecular weight is 423 g/mol. The summed E-state index contributed by atoms with van der Waals surface area (Å²) in [5.41, 5.74) is 3.59. The zero-order valence-electron chi connectivity index (χ0n) is 16.3. The van der Waals surface area contributed by atoms with E-state index < -0.39 is 15.8 Å². The Balaban J connectivity index is 1.67. The van der Waals surface area contributed by atoms with Crippen molar-refractivity contribution in [3.05, 3.63) is 84.3 Å². The van der Waals surface area contributed by atoms with Crippen LogP contribution in [-0.2, 0) is 10.0 Å². The summed E-state index contributed by atoms with van der Waals surface area (Å²) in [6, 6.07) is 11.2. The van der Waals surface area contributed by atoms with Crippen LogP contribution in [0.15, 0.2) is 77.2 Å². The van der Waals surface area contributed by atoms with Crippen molar-refractivity contribution in [1.82, 2.24) is 18.8 Å². The Labute approximate surface area is 173 Å². The Bertz CT molecular complexity index is 1350. The van der Waals surface area contributed by atoms with Crippen LogP contribution >= 0.6 is 0 Å². The molecule has 4 rings (SSSR count). The summed E-state index contributed by atoms with van der Waals surface area (Å²) in [5, 5.41) is 4.06. The number of aromatic nitrogens is 3. The number of pyridine rings is 2. The molecule has 1 aromatic carbocycles. The maximum atomic E-state index is 13.6. The number of rotatable bonds is 5. The van der Waals surface area contributed by atoms with E-state index in [4.69, 9.17) is 0 Å². The van der Waals surface area contributed by atoms with Gasteiger partial charge in [-0.25, -0.2) is 9.37 Å². The number of hydrogen-bond acceptors (Lipinski definition) is 5. The monoisotopic (exact) mass is 423 g/mol. The number of nitrogens with zero attached hydrogens (tertiary/aromatic N) is 5. The summed E-state index contributed by atoms with van der Waals surface area (Å²) in [6.07, 6.45) is 8.34. The second kappa shape index (κ2) is 7.68. The summed E-state index contributed by atoms with van der Waals surface area (Å²) in [5.74, 6) is -0.624. The molecule has 0 atom stereocenters. The topological polar surface area (TPSA) is 79.9 Å². The standard InChI is InChI=1S/C21H18FN5O2S/c1-15-5-7-18(22)10-20(15)30(28,29)26(2)25-13-19-12-24-21-8-6-17(14-27(19)21)16-4-3-9-23-11-16/h3-14H,1-2H3/b25-13+. The minimum Gasteiger partial charge on any atom is -0.298 e. The van der Waals surface area contributed by atoms with E-state index in [0.717, 1.165) is 21.6 Å². The molecule has 9 heteroatoms. The summed E-state index contributed by atoms with van der Waals surface area (Å²) in [4.78, 5) is 8.32. The molecule has 0 aliphatic heterocycles. The molecular formula is C21H18FN5O2S. The summed E-state index contributed by atoms with van der Waals surface area (Å²) in [6.45, 7) is 1.61. The molecule has 0 saturated heterocycles. The van der Waals surface area contributed by atoms with Crippen molar-refractivity contribution in [2.75, 3.05) is 7.05 Å². The van der Waals surface area contributed by atoms with Crippen LogP contribution < -0.4 is 0 Å². The van der Waals surface area contributed by atoms with Gasteiger partial charge in [0.05, 0.1) is 23.0 Å². The van der Waals surface area contributed by atoms with Gasteiger partial charge >= 0.3 is 0 Å². The highest BCUT2D eigenvalue weighted by Crippen LogP contribution is 2.21. The number of benzene rings is 1. The molecule has 0 spiro atoms. The smallest absolute Gasteiger partial charge is 0.279 e. The van der Waals surface area contributed by atoms with Crippen LogP contribution in [-0.4, -0.2) is 40.5 Å². The molecular weight excluding hydrogens is 405 g/mol. The van der Waals surface area contributed by atoms with E-state index in [1.165, 1.54) is 25.4 Å². The molecule has 3 aromatic heterocycles. The highest BCUT2D eigenvalue weighted by molar-refractivity contribution is 7.89. The van der Waals surface area contributed by atoms with Crippen LogP contribution in [0.25, 0.3) is 16.8 Å². The molecule has 152 valence electrons. The highest BCUT2D eigenvalue weighted by Gasteiger charge is 2.22. The van der Waals surface area contributed by atoms with Gasteiger partial charge in [-0.2, -0.15) is 17.9 Å². The third kappa shape index (κ3) is 3.67. The molecule has 7 nitrogen and oxygen atoms in total. The van der Waals surface area contributed by atoms with Crippen LogP contribution in [0, 0.1) is 12.7 Å². The van der Waals surface area contributed by atoms with Crippen LogP contribution in [0.4, 0.5) is 4.39 Å². The van der Waals surface area contributed by atoms with E-state index in [9.17, 15) is 12.8 Å². The minimum absolute atomic E-state index is 0.126. The molecule has 0 aliphatic rings. The van der Waals surface area contributed by atoms with Gasteiger partial charge in [-0.3, -0.25) is 9.38 Å². The van der Waals surface area contributed by atoms with Gasteiger partial charge in [-0.1, -0.05) is 12.1 Å². The fourth-order valence-electron chi connectivity index (χ4n) is 3.00. The molecule has 0 saturated carbocycles. The number of sulfonamides is 1. The zero-order valence-corrected chi connectivity index (χ0v) is 17.1. The first-order chi connectivity index (χ1) is 14.4. The predicted octanol–water partition coefficient (Wildman–Crippen LogP) is 3.50. The number of imidazole rings is 1. The van der Waals surface area contributed by atoms with Gasteiger partial charge in [0.1, 0.15) is 11.5 Å². The average Bonchev–Trinajstić information content (AvgIpc) is 3.16. The Morgan fingerprint density at radius 1 is 1.13 bits per heavy atom. The Morgan fingerprint density at radius 2 is 1.97 bits per heavy atom. The number of fused-ring (bicyclic) bond motifs is 1. The first kappa shape index (κ1) is 19.7. The predicted molar refractivity (Wildman–Crippen MR) is 112 cm³/mol. The lowest BCUT2D eigenvalue weighted by Gasteiger charge is -2.15.